The first-order valence-corrected chi connectivity index (χ1v) is 10.2. The normalized spacial score (nSPS) is 24.5. The molecule has 2 amide bonds. The monoisotopic (exact) mass is 429 g/mol. The van der Waals surface area contributed by atoms with Gasteiger partial charge in [0.2, 0.25) is 0 Å². The Morgan fingerprint density at radius 2 is 1.93 bits per heavy atom. The van der Waals surface area contributed by atoms with Gasteiger partial charge in [0.05, 0.1) is 5.60 Å². The lowest BCUT2D eigenvalue weighted by atomic mass is 9.61. The molecule has 4 N–H and O–H groups in total. The minimum atomic E-state index is -0.623. The number of hydrogen-bond donors (Lipinski definition) is 3. The smallest absolute Gasteiger partial charge is 0.411 e. The number of amides is 2. The van der Waals surface area contributed by atoms with E-state index in [1.165, 1.54) is 0 Å². The van der Waals surface area contributed by atoms with E-state index in [4.69, 9.17) is 26.8 Å². The maximum Gasteiger partial charge on any atom is 0.411 e. The summed E-state index contributed by atoms with van der Waals surface area (Å²) in [5.74, 6) is -0.245. The molecule has 2 aromatic rings. The summed E-state index contributed by atoms with van der Waals surface area (Å²) in [4.78, 5) is 25.0. The summed E-state index contributed by atoms with van der Waals surface area (Å²) in [6.45, 7) is 1.17. The minimum absolute atomic E-state index is 0.147. The van der Waals surface area contributed by atoms with Crippen LogP contribution in [-0.4, -0.2) is 36.3 Å². The molecule has 7 nitrogen and oxygen atoms in total. The molecule has 30 heavy (non-hydrogen) atoms. The van der Waals surface area contributed by atoms with E-state index in [-0.39, 0.29) is 23.7 Å². The zero-order valence-corrected chi connectivity index (χ0v) is 17.2. The Bertz CT molecular complexity index is 945. The van der Waals surface area contributed by atoms with Crippen molar-refractivity contribution in [2.24, 2.45) is 5.73 Å². The van der Waals surface area contributed by atoms with Crippen molar-refractivity contribution < 1.29 is 19.1 Å². The van der Waals surface area contributed by atoms with Gasteiger partial charge in [0.1, 0.15) is 6.61 Å². The highest BCUT2D eigenvalue weighted by Crippen LogP contribution is 2.49. The molecule has 0 spiro atoms. The van der Waals surface area contributed by atoms with Crippen LogP contribution in [0, 0.1) is 0 Å². The minimum Gasteiger partial charge on any atom is -0.444 e. The van der Waals surface area contributed by atoms with Gasteiger partial charge in [0.15, 0.2) is 0 Å². The van der Waals surface area contributed by atoms with Crippen molar-refractivity contribution in [1.29, 1.82) is 0 Å². The number of ether oxygens (including phenoxy) is 2. The molecule has 0 atom stereocenters. The Morgan fingerprint density at radius 3 is 2.67 bits per heavy atom. The van der Waals surface area contributed by atoms with Crippen molar-refractivity contribution in [1.82, 2.24) is 5.32 Å². The Kier molecular flexibility index (Phi) is 5.69. The predicted octanol–water partition coefficient (Wildman–Crippen LogP) is 3.47. The molecule has 2 heterocycles. The van der Waals surface area contributed by atoms with Gasteiger partial charge in [-0.3, -0.25) is 10.1 Å². The third kappa shape index (κ3) is 4.43. The van der Waals surface area contributed by atoms with Crippen molar-refractivity contribution in [2.45, 2.75) is 37.0 Å². The summed E-state index contributed by atoms with van der Waals surface area (Å²) < 4.78 is 11.0. The van der Waals surface area contributed by atoms with Crippen LogP contribution in [0.1, 0.15) is 35.2 Å². The lowest BCUT2D eigenvalue weighted by molar-refractivity contribution is -0.188. The second-order valence-corrected chi connectivity index (χ2v) is 8.43. The Balaban J connectivity index is 1.38. The Morgan fingerprint density at radius 1 is 1.17 bits per heavy atom. The first kappa shape index (κ1) is 20.7. The summed E-state index contributed by atoms with van der Waals surface area (Å²) in [5, 5.41) is 6.08. The second kappa shape index (κ2) is 8.26. The molecule has 5 rings (SSSR count). The molecule has 0 radical (unpaired) electrons. The highest BCUT2D eigenvalue weighted by atomic mass is 35.5. The zero-order chi connectivity index (χ0) is 21.2. The molecule has 158 valence electrons. The summed E-state index contributed by atoms with van der Waals surface area (Å²) >= 11 is 6.17. The number of rotatable bonds is 6. The van der Waals surface area contributed by atoms with Gasteiger partial charge >= 0.3 is 6.09 Å². The molecular formula is C22H24ClN3O4. The quantitative estimate of drug-likeness (QED) is 0.652. The van der Waals surface area contributed by atoms with Gasteiger partial charge in [-0.15, -0.1) is 0 Å². The van der Waals surface area contributed by atoms with Crippen molar-refractivity contribution in [3.05, 3.63) is 64.7 Å². The maximum absolute atomic E-state index is 12.9. The van der Waals surface area contributed by atoms with Crippen LogP contribution in [0.3, 0.4) is 0 Å². The molecule has 3 aliphatic rings. The van der Waals surface area contributed by atoms with E-state index in [0.717, 1.165) is 12.0 Å². The molecule has 2 aromatic carbocycles. The van der Waals surface area contributed by atoms with E-state index >= 15 is 0 Å². The van der Waals surface area contributed by atoms with Gasteiger partial charge in [-0.05, 0) is 30.2 Å². The number of nitrogens with one attached hydrogen (secondary N) is 2. The average molecular weight is 430 g/mol. The zero-order valence-electron chi connectivity index (χ0n) is 16.4. The van der Waals surface area contributed by atoms with Crippen molar-refractivity contribution in [3.63, 3.8) is 0 Å². The number of hydrogen-bond acceptors (Lipinski definition) is 5. The molecule has 2 saturated heterocycles. The van der Waals surface area contributed by atoms with Crippen molar-refractivity contribution >= 4 is 29.3 Å². The standard InChI is InChI=1S/C22H24ClN3O4/c23-17-8-16(19(27)26-21-6-7-30-22(12-21,13-21)14-24)9-18(10-17)25-20(28)29-11-15-4-2-1-3-5-15/h1-5,8-10H,6-7,11-14,24H2,(H,25,28)(H,26,27). The number of anilines is 1. The van der Waals surface area contributed by atoms with E-state index < -0.39 is 6.09 Å². The molecule has 3 fully saturated rings. The first-order chi connectivity index (χ1) is 14.4. The van der Waals surface area contributed by atoms with Crippen LogP contribution in [0.4, 0.5) is 10.5 Å². The van der Waals surface area contributed by atoms with Gasteiger partial charge in [0.25, 0.3) is 5.91 Å². The van der Waals surface area contributed by atoms with Crippen molar-refractivity contribution in [2.75, 3.05) is 18.5 Å². The fraction of sp³-hybridized carbons (Fsp3) is 0.364. The maximum atomic E-state index is 12.9. The van der Waals surface area contributed by atoms with Crippen LogP contribution >= 0.6 is 11.6 Å². The number of carbonyl (C=O) groups is 2. The average Bonchev–Trinajstić information content (AvgIpc) is 2.72. The van der Waals surface area contributed by atoms with E-state index in [0.29, 0.717) is 42.3 Å². The lowest BCUT2D eigenvalue weighted by Crippen LogP contribution is -2.72. The fourth-order valence-corrected chi connectivity index (χ4v) is 4.50. The number of nitrogens with two attached hydrogens (primary N) is 1. The molecule has 1 aliphatic carbocycles. The van der Waals surface area contributed by atoms with Crippen LogP contribution in [-0.2, 0) is 16.1 Å². The predicted molar refractivity (Wildman–Crippen MR) is 113 cm³/mol. The van der Waals surface area contributed by atoms with E-state index in [2.05, 4.69) is 10.6 Å². The number of benzene rings is 2. The Hall–Kier alpha value is -2.61. The van der Waals surface area contributed by atoms with E-state index in [1.54, 1.807) is 18.2 Å². The highest BCUT2D eigenvalue weighted by Gasteiger charge is 2.58. The number of fused-ring (bicyclic) bond motifs is 2. The highest BCUT2D eigenvalue weighted by molar-refractivity contribution is 6.31. The van der Waals surface area contributed by atoms with Crippen molar-refractivity contribution in [3.8, 4) is 0 Å². The largest absolute Gasteiger partial charge is 0.444 e. The first-order valence-electron chi connectivity index (χ1n) is 9.86. The van der Waals surface area contributed by atoms with Crippen LogP contribution < -0.4 is 16.4 Å². The van der Waals surface area contributed by atoms with E-state index in [9.17, 15) is 9.59 Å². The molecule has 0 unspecified atom stereocenters. The third-order valence-corrected chi connectivity index (χ3v) is 5.90. The second-order valence-electron chi connectivity index (χ2n) is 7.99. The Labute approximate surface area is 179 Å². The van der Waals surface area contributed by atoms with Crippen LogP contribution in [0.5, 0.6) is 0 Å². The fourth-order valence-electron chi connectivity index (χ4n) is 4.26. The molecule has 2 bridgehead atoms. The molecule has 0 aromatic heterocycles. The van der Waals surface area contributed by atoms with Crippen LogP contribution in [0.25, 0.3) is 0 Å². The number of carbonyl (C=O) groups excluding carboxylic acids is 2. The van der Waals surface area contributed by atoms with Crippen LogP contribution in [0.2, 0.25) is 5.02 Å². The van der Waals surface area contributed by atoms with Gasteiger partial charge in [0, 0.05) is 47.8 Å². The molecule has 2 aliphatic heterocycles. The lowest BCUT2D eigenvalue weighted by Gasteiger charge is -2.59. The third-order valence-electron chi connectivity index (χ3n) is 5.68. The van der Waals surface area contributed by atoms with Gasteiger partial charge in [-0.25, -0.2) is 4.79 Å². The summed E-state index contributed by atoms with van der Waals surface area (Å²) in [5.41, 5.74) is 6.85. The van der Waals surface area contributed by atoms with Gasteiger partial charge < -0.3 is 20.5 Å². The van der Waals surface area contributed by atoms with Gasteiger partial charge in [-0.1, -0.05) is 41.9 Å². The summed E-state index contributed by atoms with van der Waals surface area (Å²) in [7, 11) is 0. The summed E-state index contributed by atoms with van der Waals surface area (Å²) in [6.07, 6.45) is 1.54. The molecular weight excluding hydrogens is 406 g/mol. The molecule has 8 heteroatoms. The number of halogens is 1. The summed E-state index contributed by atoms with van der Waals surface area (Å²) in [6, 6.07) is 14.1. The van der Waals surface area contributed by atoms with Crippen LogP contribution in [0.15, 0.2) is 48.5 Å². The van der Waals surface area contributed by atoms with Gasteiger partial charge in [-0.2, -0.15) is 0 Å². The topological polar surface area (TPSA) is 103 Å². The SMILES string of the molecule is NCC12CC(NC(=O)c3cc(Cl)cc(NC(=O)OCc4ccccc4)c3)(CCO1)C2. The molecule has 1 saturated carbocycles. The van der Waals surface area contributed by atoms with E-state index in [1.807, 2.05) is 30.3 Å².